The Kier molecular flexibility index (Phi) is 4.39. The van der Waals surface area contributed by atoms with Crippen molar-refractivity contribution in [2.24, 2.45) is 0 Å². The van der Waals surface area contributed by atoms with Crippen LogP contribution in [-0.4, -0.2) is 30.0 Å². The molecule has 0 spiro atoms. The van der Waals surface area contributed by atoms with E-state index < -0.39 is 0 Å². The number of nitrogens with zero attached hydrogens (tertiary/aromatic N) is 6. The van der Waals surface area contributed by atoms with Crippen molar-refractivity contribution in [1.82, 2.24) is 30.0 Å². The number of hydrogen-bond acceptors (Lipinski definition) is 5. The summed E-state index contributed by atoms with van der Waals surface area (Å²) in [5.74, 6) is 0.266. The summed E-state index contributed by atoms with van der Waals surface area (Å²) in [5, 5.41) is 20.1. The van der Waals surface area contributed by atoms with Crippen molar-refractivity contribution in [3.05, 3.63) is 94.6 Å². The van der Waals surface area contributed by atoms with Crippen LogP contribution in [0.3, 0.4) is 0 Å². The first-order valence-corrected chi connectivity index (χ1v) is 9.70. The van der Waals surface area contributed by atoms with Crippen LogP contribution in [0.25, 0.3) is 5.70 Å². The number of aromatic nitrogens is 6. The maximum Gasteiger partial charge on any atom is 0.248 e. The second-order valence-corrected chi connectivity index (χ2v) is 7.33. The number of allylic oxidation sites excluding steroid dienone is 1. The Morgan fingerprint density at radius 3 is 2.57 bits per heavy atom. The number of aryl methyl sites for hydroxylation is 1. The topological polar surface area (TPSA) is 73.5 Å². The monoisotopic (exact) mass is 401 g/mol. The molecule has 0 unspecified atom stereocenters. The smallest absolute Gasteiger partial charge is 0.248 e. The zero-order chi connectivity index (χ0) is 20.7. The lowest BCUT2D eigenvalue weighted by molar-refractivity contribution is 0.579. The fourth-order valence-electron chi connectivity index (χ4n) is 3.91. The largest absolute Gasteiger partial charge is 0.323 e. The molecule has 30 heavy (non-hydrogen) atoms. The molecule has 2 aromatic heterocycles. The van der Waals surface area contributed by atoms with Gasteiger partial charge in [0.1, 0.15) is 11.9 Å². The van der Waals surface area contributed by atoms with E-state index in [-0.39, 0.29) is 11.9 Å². The van der Waals surface area contributed by atoms with Gasteiger partial charge in [0.25, 0.3) is 0 Å². The molecule has 3 heterocycles. The molecule has 7 nitrogen and oxygen atoms in total. The molecule has 1 atom stereocenters. The Bertz CT molecular complexity index is 1220. The van der Waals surface area contributed by atoms with E-state index in [0.29, 0.717) is 12.5 Å². The predicted octanol–water partition coefficient (Wildman–Crippen LogP) is 3.73. The molecule has 0 radical (unpaired) electrons. The van der Waals surface area contributed by atoms with E-state index in [1.165, 1.54) is 17.7 Å². The molecule has 8 heteroatoms. The molecule has 0 fully saturated rings. The average molecular weight is 401 g/mol. The number of benzene rings is 2. The molecule has 2 aromatic carbocycles. The Labute approximate surface area is 172 Å². The van der Waals surface area contributed by atoms with Crippen molar-refractivity contribution in [2.75, 3.05) is 5.32 Å². The van der Waals surface area contributed by atoms with Gasteiger partial charge in [0.05, 0.1) is 12.2 Å². The first-order valence-electron chi connectivity index (χ1n) is 9.70. The molecule has 1 N–H and O–H groups in total. The lowest BCUT2D eigenvalue weighted by atomic mass is 10.00. The van der Waals surface area contributed by atoms with Gasteiger partial charge in [-0.1, -0.05) is 35.4 Å². The van der Waals surface area contributed by atoms with Crippen molar-refractivity contribution < 1.29 is 4.39 Å². The van der Waals surface area contributed by atoms with Crippen LogP contribution >= 0.6 is 0 Å². The van der Waals surface area contributed by atoms with Crippen LogP contribution < -0.4 is 5.32 Å². The highest BCUT2D eigenvalue weighted by atomic mass is 19.1. The summed E-state index contributed by atoms with van der Waals surface area (Å²) in [7, 11) is 0. The third-order valence-corrected chi connectivity index (χ3v) is 5.39. The second kappa shape index (κ2) is 7.22. The zero-order valence-electron chi connectivity index (χ0n) is 16.6. The molecule has 0 saturated carbocycles. The van der Waals surface area contributed by atoms with Gasteiger partial charge in [0.2, 0.25) is 5.95 Å². The normalized spacial score (nSPS) is 15.4. The minimum absolute atomic E-state index is 0.221. The van der Waals surface area contributed by atoms with Crippen LogP contribution in [0.15, 0.2) is 60.7 Å². The Balaban J connectivity index is 1.58. The molecule has 150 valence electrons. The summed E-state index contributed by atoms with van der Waals surface area (Å²) in [6, 6.07) is 16.4. The van der Waals surface area contributed by atoms with Gasteiger partial charge >= 0.3 is 0 Å². The summed E-state index contributed by atoms with van der Waals surface area (Å²) in [6.07, 6.45) is 2.06. The Morgan fingerprint density at radius 2 is 1.80 bits per heavy atom. The minimum Gasteiger partial charge on any atom is -0.323 e. The lowest BCUT2D eigenvalue weighted by Gasteiger charge is -2.23. The van der Waals surface area contributed by atoms with Gasteiger partial charge in [-0.15, -0.1) is 0 Å². The van der Waals surface area contributed by atoms with E-state index in [1.54, 1.807) is 16.8 Å². The van der Waals surface area contributed by atoms with Gasteiger partial charge in [-0.2, -0.15) is 9.78 Å². The molecule has 0 saturated heterocycles. The number of anilines is 1. The maximum absolute atomic E-state index is 13.4. The van der Waals surface area contributed by atoms with Gasteiger partial charge in [0.15, 0.2) is 0 Å². The molecule has 1 aliphatic rings. The number of hydrogen-bond donors (Lipinski definition) is 1. The quantitative estimate of drug-likeness (QED) is 0.564. The summed E-state index contributed by atoms with van der Waals surface area (Å²) in [4.78, 5) is 0. The fourth-order valence-corrected chi connectivity index (χ4v) is 3.91. The van der Waals surface area contributed by atoms with Gasteiger partial charge < -0.3 is 5.32 Å². The van der Waals surface area contributed by atoms with E-state index in [9.17, 15) is 4.39 Å². The summed E-state index contributed by atoms with van der Waals surface area (Å²) in [5.41, 5.74) is 5.91. The Hall–Kier alpha value is -3.81. The third kappa shape index (κ3) is 3.16. The minimum atomic E-state index is -0.273. The van der Waals surface area contributed by atoms with Crippen molar-refractivity contribution in [3.63, 3.8) is 0 Å². The number of nitrogens with one attached hydrogen (secondary N) is 1. The van der Waals surface area contributed by atoms with E-state index >= 15 is 0 Å². The number of tetrazole rings is 1. The van der Waals surface area contributed by atoms with Gasteiger partial charge in [0, 0.05) is 17.0 Å². The molecule has 0 aliphatic carbocycles. The van der Waals surface area contributed by atoms with E-state index in [1.807, 2.05) is 29.8 Å². The van der Waals surface area contributed by atoms with Crippen LogP contribution in [0.4, 0.5) is 10.3 Å². The zero-order valence-corrected chi connectivity index (χ0v) is 16.6. The van der Waals surface area contributed by atoms with Gasteiger partial charge in [-0.05, 0) is 65.7 Å². The van der Waals surface area contributed by atoms with Crippen molar-refractivity contribution in [2.45, 2.75) is 26.4 Å². The number of fused-ring (bicyclic) bond motifs is 1. The number of rotatable bonds is 4. The predicted molar refractivity (Wildman–Crippen MR) is 111 cm³/mol. The fraction of sp³-hybridized carbons (Fsp3) is 0.182. The van der Waals surface area contributed by atoms with E-state index in [2.05, 4.69) is 46.0 Å². The highest BCUT2D eigenvalue weighted by Gasteiger charge is 2.29. The summed E-state index contributed by atoms with van der Waals surface area (Å²) < 4.78 is 17.1. The number of halogens is 1. The molecular formula is C22H20FN7. The van der Waals surface area contributed by atoms with E-state index in [4.69, 9.17) is 5.10 Å². The molecule has 5 rings (SSSR count). The highest BCUT2D eigenvalue weighted by molar-refractivity contribution is 5.77. The molecule has 1 aliphatic heterocycles. The molecule has 0 bridgehead atoms. The summed E-state index contributed by atoms with van der Waals surface area (Å²) in [6.45, 7) is 4.76. The molecule has 4 aromatic rings. The lowest BCUT2D eigenvalue weighted by Crippen LogP contribution is -2.21. The van der Waals surface area contributed by atoms with Crippen molar-refractivity contribution in [1.29, 1.82) is 0 Å². The third-order valence-electron chi connectivity index (χ3n) is 5.39. The Morgan fingerprint density at radius 1 is 1.03 bits per heavy atom. The van der Waals surface area contributed by atoms with Crippen LogP contribution in [0, 0.1) is 19.7 Å². The van der Waals surface area contributed by atoms with Crippen molar-refractivity contribution >= 4 is 11.6 Å². The summed E-state index contributed by atoms with van der Waals surface area (Å²) >= 11 is 0. The second-order valence-electron chi connectivity index (χ2n) is 7.33. The first kappa shape index (κ1) is 18.2. The van der Waals surface area contributed by atoms with Crippen LogP contribution in [0.2, 0.25) is 0 Å². The SMILES string of the molecule is Cc1nn(Cc2ccccc2)c(C)c1[C@H]1C=C(c2ccc(F)cc2)Nc2nnnn21. The molecule has 0 amide bonds. The van der Waals surface area contributed by atoms with Crippen molar-refractivity contribution in [3.8, 4) is 0 Å². The van der Waals surface area contributed by atoms with Gasteiger partial charge in [-0.25, -0.2) is 4.39 Å². The van der Waals surface area contributed by atoms with Crippen LogP contribution in [0.5, 0.6) is 0 Å². The van der Waals surface area contributed by atoms with Crippen LogP contribution in [-0.2, 0) is 6.54 Å². The average Bonchev–Trinajstić information content (AvgIpc) is 3.33. The highest BCUT2D eigenvalue weighted by Crippen LogP contribution is 2.34. The maximum atomic E-state index is 13.4. The standard InChI is InChI=1S/C22H20FN7/c1-14-21(15(2)29(26-14)13-16-6-4-3-5-7-16)20-12-19(17-8-10-18(23)11-9-17)24-22-25-27-28-30(20)22/h3-12,20H,13H2,1-2H3,(H,24,25,28)/t20-/m1/s1. The van der Waals surface area contributed by atoms with E-state index in [0.717, 1.165) is 28.2 Å². The van der Waals surface area contributed by atoms with Gasteiger partial charge in [-0.3, -0.25) is 4.68 Å². The first-order chi connectivity index (χ1) is 14.6. The molecular weight excluding hydrogens is 381 g/mol. The van der Waals surface area contributed by atoms with Crippen LogP contribution in [0.1, 0.15) is 34.1 Å².